The summed E-state index contributed by atoms with van der Waals surface area (Å²) in [4.78, 5) is 10.8. The number of amides is 1. The largest absolute Gasteiger partial charge is 0.366 e. The molecule has 0 aliphatic carbocycles. The lowest BCUT2D eigenvalue weighted by Crippen LogP contribution is -2.14. The second-order valence-corrected chi connectivity index (χ2v) is 3.64. The Morgan fingerprint density at radius 1 is 1.36 bits per heavy atom. The van der Waals surface area contributed by atoms with E-state index in [-0.39, 0.29) is 5.91 Å². The van der Waals surface area contributed by atoms with Gasteiger partial charge in [0.05, 0.1) is 0 Å². The molecule has 3 heteroatoms. The Hall–Kier alpha value is -1.35. The van der Waals surface area contributed by atoms with Crippen molar-refractivity contribution in [3.8, 4) is 0 Å². The van der Waals surface area contributed by atoms with E-state index in [2.05, 4.69) is 5.32 Å². The Labute approximate surface area is 83.3 Å². The fourth-order valence-corrected chi connectivity index (χ4v) is 1.85. The van der Waals surface area contributed by atoms with Gasteiger partial charge in [0, 0.05) is 11.6 Å². The van der Waals surface area contributed by atoms with Gasteiger partial charge in [-0.25, -0.2) is 0 Å². The molecular weight excluding hydrogens is 176 g/mol. The second kappa shape index (κ2) is 3.80. The molecule has 0 radical (unpaired) electrons. The maximum Gasteiger partial charge on any atom is 0.248 e. The Balaban J connectivity index is 2.16. The van der Waals surface area contributed by atoms with E-state index >= 15 is 0 Å². The number of rotatable bonds is 2. The molecule has 3 N–H and O–H groups in total. The average molecular weight is 190 g/mol. The van der Waals surface area contributed by atoms with Crippen molar-refractivity contribution in [3.05, 3.63) is 35.4 Å². The third kappa shape index (κ3) is 1.77. The Morgan fingerprint density at radius 2 is 2.07 bits per heavy atom. The van der Waals surface area contributed by atoms with E-state index in [1.54, 1.807) is 12.1 Å². The number of hydrogen-bond donors (Lipinski definition) is 2. The summed E-state index contributed by atoms with van der Waals surface area (Å²) in [6, 6.07) is 7.98. The van der Waals surface area contributed by atoms with E-state index in [0.29, 0.717) is 11.6 Å². The number of nitrogens with one attached hydrogen (secondary N) is 1. The standard InChI is InChI=1S/C11H14N2O/c12-11(14)9-5-3-8(4-6-9)10-2-1-7-13-10/h3-6,10,13H,1-2,7H2,(H2,12,14)/t10-/m1/s1. The van der Waals surface area contributed by atoms with Crippen molar-refractivity contribution < 1.29 is 4.79 Å². The van der Waals surface area contributed by atoms with Gasteiger partial charge in [-0.2, -0.15) is 0 Å². The molecule has 1 saturated heterocycles. The minimum atomic E-state index is -0.365. The molecule has 3 nitrogen and oxygen atoms in total. The van der Waals surface area contributed by atoms with Gasteiger partial charge in [0.1, 0.15) is 0 Å². The molecule has 1 fully saturated rings. The van der Waals surface area contributed by atoms with E-state index in [1.165, 1.54) is 18.4 Å². The lowest BCUT2D eigenvalue weighted by molar-refractivity contribution is 0.100. The van der Waals surface area contributed by atoms with Crippen molar-refractivity contribution >= 4 is 5.91 Å². The first-order valence-electron chi connectivity index (χ1n) is 4.90. The third-order valence-corrected chi connectivity index (χ3v) is 2.66. The highest BCUT2D eigenvalue weighted by Gasteiger charge is 2.15. The Kier molecular flexibility index (Phi) is 2.50. The highest BCUT2D eigenvalue weighted by Crippen LogP contribution is 2.22. The summed E-state index contributed by atoms with van der Waals surface area (Å²) in [5.41, 5.74) is 6.98. The van der Waals surface area contributed by atoms with E-state index < -0.39 is 0 Å². The summed E-state index contributed by atoms with van der Waals surface area (Å²) >= 11 is 0. The molecule has 0 spiro atoms. The molecule has 1 amide bonds. The average Bonchev–Trinajstić information content (AvgIpc) is 2.71. The van der Waals surface area contributed by atoms with E-state index in [9.17, 15) is 4.79 Å². The molecular formula is C11H14N2O. The topological polar surface area (TPSA) is 55.1 Å². The second-order valence-electron chi connectivity index (χ2n) is 3.64. The van der Waals surface area contributed by atoms with Gasteiger partial charge >= 0.3 is 0 Å². The first kappa shape index (κ1) is 9.21. The molecule has 0 aromatic heterocycles. The molecule has 14 heavy (non-hydrogen) atoms. The number of primary amides is 1. The first-order chi connectivity index (χ1) is 6.77. The quantitative estimate of drug-likeness (QED) is 0.736. The number of benzene rings is 1. The van der Waals surface area contributed by atoms with Crippen molar-refractivity contribution in [1.82, 2.24) is 5.32 Å². The van der Waals surface area contributed by atoms with Crippen LogP contribution < -0.4 is 11.1 Å². The van der Waals surface area contributed by atoms with Gasteiger partial charge < -0.3 is 11.1 Å². The molecule has 0 unspecified atom stereocenters. The van der Waals surface area contributed by atoms with E-state index in [1.807, 2.05) is 12.1 Å². The summed E-state index contributed by atoms with van der Waals surface area (Å²) in [5, 5.41) is 3.41. The summed E-state index contributed by atoms with van der Waals surface area (Å²) in [6.07, 6.45) is 2.40. The zero-order valence-corrected chi connectivity index (χ0v) is 7.99. The van der Waals surface area contributed by atoms with Crippen LogP contribution in [0.3, 0.4) is 0 Å². The zero-order chi connectivity index (χ0) is 9.97. The molecule has 0 saturated carbocycles. The first-order valence-corrected chi connectivity index (χ1v) is 4.90. The fourth-order valence-electron chi connectivity index (χ4n) is 1.85. The van der Waals surface area contributed by atoms with Crippen molar-refractivity contribution in [2.45, 2.75) is 18.9 Å². The highest BCUT2D eigenvalue weighted by molar-refractivity contribution is 5.92. The number of nitrogens with two attached hydrogens (primary N) is 1. The molecule has 0 bridgehead atoms. The molecule has 1 aromatic rings. The van der Waals surface area contributed by atoms with Crippen LogP contribution in [0.15, 0.2) is 24.3 Å². The van der Waals surface area contributed by atoms with Crippen LogP contribution in [-0.4, -0.2) is 12.5 Å². The van der Waals surface area contributed by atoms with Crippen LogP contribution in [0.4, 0.5) is 0 Å². The molecule has 74 valence electrons. The van der Waals surface area contributed by atoms with Gasteiger partial charge in [-0.15, -0.1) is 0 Å². The van der Waals surface area contributed by atoms with Crippen molar-refractivity contribution in [2.24, 2.45) is 5.73 Å². The van der Waals surface area contributed by atoms with Crippen molar-refractivity contribution in [2.75, 3.05) is 6.54 Å². The van der Waals surface area contributed by atoms with Crippen molar-refractivity contribution in [3.63, 3.8) is 0 Å². The van der Waals surface area contributed by atoms with Crippen molar-refractivity contribution in [1.29, 1.82) is 0 Å². The number of carbonyl (C=O) groups is 1. The van der Waals surface area contributed by atoms with E-state index in [0.717, 1.165) is 6.54 Å². The molecule has 1 atom stereocenters. The maximum absolute atomic E-state index is 10.8. The lowest BCUT2D eigenvalue weighted by atomic mass is 10.0. The summed E-state index contributed by atoms with van der Waals surface area (Å²) < 4.78 is 0. The van der Waals surface area contributed by atoms with Crippen LogP contribution in [0.25, 0.3) is 0 Å². The third-order valence-electron chi connectivity index (χ3n) is 2.66. The molecule has 1 aliphatic rings. The number of carbonyl (C=O) groups excluding carboxylic acids is 1. The fraction of sp³-hybridized carbons (Fsp3) is 0.364. The van der Waals surface area contributed by atoms with Crippen LogP contribution in [0, 0.1) is 0 Å². The van der Waals surface area contributed by atoms with Crippen LogP contribution in [0.1, 0.15) is 34.8 Å². The van der Waals surface area contributed by atoms with Gasteiger partial charge in [0.2, 0.25) is 5.91 Å². The van der Waals surface area contributed by atoms with Gasteiger partial charge in [0.15, 0.2) is 0 Å². The molecule has 1 aromatic carbocycles. The monoisotopic (exact) mass is 190 g/mol. The van der Waals surface area contributed by atoms with Gasteiger partial charge in [-0.1, -0.05) is 12.1 Å². The van der Waals surface area contributed by atoms with Gasteiger partial charge in [0.25, 0.3) is 0 Å². The summed E-state index contributed by atoms with van der Waals surface area (Å²) in [7, 11) is 0. The van der Waals surface area contributed by atoms with Crippen LogP contribution in [-0.2, 0) is 0 Å². The van der Waals surface area contributed by atoms with Crippen LogP contribution in [0.2, 0.25) is 0 Å². The SMILES string of the molecule is NC(=O)c1ccc([C@H]2CCCN2)cc1. The minimum Gasteiger partial charge on any atom is -0.366 e. The Bertz CT molecular complexity index is 326. The van der Waals surface area contributed by atoms with E-state index in [4.69, 9.17) is 5.73 Å². The van der Waals surface area contributed by atoms with Crippen LogP contribution in [0.5, 0.6) is 0 Å². The molecule has 1 aliphatic heterocycles. The maximum atomic E-state index is 10.8. The van der Waals surface area contributed by atoms with Gasteiger partial charge in [-0.05, 0) is 37.1 Å². The smallest absolute Gasteiger partial charge is 0.248 e. The van der Waals surface area contributed by atoms with Crippen LogP contribution >= 0.6 is 0 Å². The lowest BCUT2D eigenvalue weighted by Gasteiger charge is -2.10. The summed E-state index contributed by atoms with van der Waals surface area (Å²) in [6.45, 7) is 1.09. The Morgan fingerprint density at radius 3 is 2.57 bits per heavy atom. The molecule has 2 rings (SSSR count). The summed E-state index contributed by atoms with van der Waals surface area (Å²) in [5.74, 6) is -0.365. The zero-order valence-electron chi connectivity index (χ0n) is 7.99. The molecule has 1 heterocycles. The minimum absolute atomic E-state index is 0.365. The predicted octanol–water partition coefficient (Wildman–Crippen LogP) is 1.21. The number of hydrogen-bond acceptors (Lipinski definition) is 2. The normalized spacial score (nSPS) is 21.0. The van der Waals surface area contributed by atoms with Gasteiger partial charge in [-0.3, -0.25) is 4.79 Å². The predicted molar refractivity (Wildman–Crippen MR) is 54.9 cm³/mol. The highest BCUT2D eigenvalue weighted by atomic mass is 16.1.